The molecule has 1 rings (SSSR count). The van der Waals surface area contributed by atoms with Crippen LogP contribution in [0, 0.1) is 0 Å². The quantitative estimate of drug-likeness (QED) is 0.103. The molecule has 0 radical (unpaired) electrons. The summed E-state index contributed by atoms with van der Waals surface area (Å²) in [6, 6.07) is 0. The van der Waals surface area contributed by atoms with E-state index >= 15 is 0 Å². The predicted molar refractivity (Wildman–Crippen MR) is 146 cm³/mol. The Kier molecular flexibility index (Phi) is 22.7. The summed E-state index contributed by atoms with van der Waals surface area (Å²) in [4.78, 5) is 11.9. The second kappa shape index (κ2) is 24.4. The molecule has 0 spiro atoms. The minimum atomic E-state index is -0.348. The Labute approximate surface area is 219 Å². The number of alkyl halides is 1. The minimum Gasteiger partial charge on any atom is -0.447 e. The number of unbranched alkanes of at least 4 members (excludes halogenated alkanes) is 15. The highest BCUT2D eigenvalue weighted by atomic mass is 79.9. The normalized spacial score (nSPS) is 18.2. The van der Waals surface area contributed by atoms with Crippen LogP contribution >= 0.6 is 15.9 Å². The van der Waals surface area contributed by atoms with Crippen LogP contribution in [0.4, 0.5) is 4.79 Å². The lowest BCUT2D eigenvalue weighted by atomic mass is 10.0. The number of carbonyl (C=O) groups is 1. The van der Waals surface area contributed by atoms with E-state index in [-0.39, 0.29) is 24.9 Å². The molecule has 1 fully saturated rings. The standard InChI is InChI=1S/C28H54BrNO4/c1-2-3-4-5-6-7-8-9-10-11-12-13-14-18-23-32-26-20-19-24-33-27(26)25-34-28(31)30-22-17-15-16-21-29/h26-27H,2-25H2,1H3,(H,30,31)/t26-,27+/m1/s1. The van der Waals surface area contributed by atoms with Gasteiger partial charge in [0.15, 0.2) is 0 Å². The smallest absolute Gasteiger partial charge is 0.407 e. The summed E-state index contributed by atoms with van der Waals surface area (Å²) >= 11 is 3.42. The molecule has 2 atom stereocenters. The van der Waals surface area contributed by atoms with Gasteiger partial charge in [0.05, 0.1) is 6.10 Å². The molecule has 1 amide bonds. The maximum Gasteiger partial charge on any atom is 0.407 e. The number of carbonyl (C=O) groups excluding carboxylic acids is 1. The van der Waals surface area contributed by atoms with E-state index in [0.29, 0.717) is 6.54 Å². The van der Waals surface area contributed by atoms with Crippen molar-refractivity contribution in [3.8, 4) is 0 Å². The third-order valence-corrected chi connectivity index (χ3v) is 7.23. The first-order valence-corrected chi connectivity index (χ1v) is 15.6. The largest absolute Gasteiger partial charge is 0.447 e. The summed E-state index contributed by atoms with van der Waals surface area (Å²) in [6.07, 6.45) is 23.9. The Morgan fingerprint density at radius 2 is 1.44 bits per heavy atom. The van der Waals surface area contributed by atoms with Crippen molar-refractivity contribution < 1.29 is 19.0 Å². The summed E-state index contributed by atoms with van der Waals surface area (Å²) in [5.41, 5.74) is 0. The summed E-state index contributed by atoms with van der Waals surface area (Å²) in [7, 11) is 0. The minimum absolute atomic E-state index is 0.0439. The van der Waals surface area contributed by atoms with E-state index < -0.39 is 0 Å². The zero-order chi connectivity index (χ0) is 24.5. The summed E-state index contributed by atoms with van der Waals surface area (Å²) in [5.74, 6) is 0. The van der Waals surface area contributed by atoms with E-state index in [1.54, 1.807) is 0 Å². The van der Waals surface area contributed by atoms with Crippen molar-refractivity contribution in [2.24, 2.45) is 0 Å². The van der Waals surface area contributed by atoms with E-state index in [2.05, 4.69) is 28.2 Å². The summed E-state index contributed by atoms with van der Waals surface area (Å²) < 4.78 is 17.3. The number of amides is 1. The molecule has 0 aliphatic carbocycles. The lowest BCUT2D eigenvalue weighted by Gasteiger charge is -2.31. The maximum absolute atomic E-state index is 11.9. The van der Waals surface area contributed by atoms with Crippen LogP contribution in [0.5, 0.6) is 0 Å². The van der Waals surface area contributed by atoms with Crippen molar-refractivity contribution in [1.29, 1.82) is 0 Å². The van der Waals surface area contributed by atoms with Gasteiger partial charge >= 0.3 is 6.09 Å². The molecular formula is C28H54BrNO4. The fourth-order valence-corrected chi connectivity index (χ4v) is 4.88. The number of hydrogen-bond acceptors (Lipinski definition) is 4. The molecule has 0 aromatic rings. The number of alkyl carbamates (subject to hydrolysis) is 1. The molecule has 0 saturated carbocycles. The topological polar surface area (TPSA) is 56.8 Å². The lowest BCUT2D eigenvalue weighted by molar-refractivity contribution is -0.122. The van der Waals surface area contributed by atoms with Crippen LogP contribution in [0.1, 0.15) is 129 Å². The molecule has 1 N–H and O–H groups in total. The highest BCUT2D eigenvalue weighted by molar-refractivity contribution is 9.09. The first-order valence-electron chi connectivity index (χ1n) is 14.5. The first kappa shape index (κ1) is 31.7. The van der Waals surface area contributed by atoms with Gasteiger partial charge in [0, 0.05) is 25.1 Å². The van der Waals surface area contributed by atoms with Crippen LogP contribution in [0.3, 0.4) is 0 Å². The second-order valence-corrected chi connectivity index (χ2v) is 10.6. The van der Waals surface area contributed by atoms with Gasteiger partial charge in [-0.3, -0.25) is 0 Å². The zero-order valence-electron chi connectivity index (χ0n) is 22.1. The molecule has 6 heteroatoms. The summed E-state index contributed by atoms with van der Waals surface area (Å²) in [6.45, 7) is 4.72. The SMILES string of the molecule is CCCCCCCCCCCCCCCCO[C@@H]1CCCO[C@H]1COC(=O)NCCCCCBr. The van der Waals surface area contributed by atoms with Crippen LogP contribution in [-0.2, 0) is 14.2 Å². The number of rotatable bonds is 23. The Bertz CT molecular complexity index is 452. The molecular weight excluding hydrogens is 494 g/mol. The van der Waals surface area contributed by atoms with Gasteiger partial charge in [-0.15, -0.1) is 0 Å². The van der Waals surface area contributed by atoms with Gasteiger partial charge in [0.25, 0.3) is 0 Å². The molecule has 1 aliphatic heterocycles. The monoisotopic (exact) mass is 547 g/mol. The number of ether oxygens (including phenoxy) is 3. The molecule has 34 heavy (non-hydrogen) atoms. The van der Waals surface area contributed by atoms with Gasteiger partial charge in [0.1, 0.15) is 12.7 Å². The van der Waals surface area contributed by atoms with Crippen molar-refractivity contribution in [3.63, 3.8) is 0 Å². The average molecular weight is 549 g/mol. The van der Waals surface area contributed by atoms with Crippen molar-refractivity contribution >= 4 is 22.0 Å². The van der Waals surface area contributed by atoms with E-state index in [0.717, 1.165) is 57.1 Å². The van der Waals surface area contributed by atoms with Crippen molar-refractivity contribution in [3.05, 3.63) is 0 Å². The fraction of sp³-hybridized carbons (Fsp3) is 0.964. The van der Waals surface area contributed by atoms with E-state index in [1.807, 2.05) is 0 Å². The van der Waals surface area contributed by atoms with Crippen molar-refractivity contribution in [2.75, 3.05) is 31.7 Å². The van der Waals surface area contributed by atoms with Crippen LogP contribution in [0.15, 0.2) is 0 Å². The average Bonchev–Trinajstić information content (AvgIpc) is 2.85. The maximum atomic E-state index is 11.9. The molecule has 1 saturated heterocycles. The van der Waals surface area contributed by atoms with Crippen molar-refractivity contribution in [2.45, 2.75) is 141 Å². The number of hydrogen-bond donors (Lipinski definition) is 1. The van der Waals surface area contributed by atoms with Crippen LogP contribution < -0.4 is 5.32 Å². The second-order valence-electron chi connectivity index (χ2n) is 9.83. The van der Waals surface area contributed by atoms with E-state index in [4.69, 9.17) is 14.2 Å². The Balaban J connectivity index is 1.94. The van der Waals surface area contributed by atoms with Gasteiger partial charge in [-0.25, -0.2) is 4.79 Å². The van der Waals surface area contributed by atoms with Crippen LogP contribution in [0.2, 0.25) is 0 Å². The molecule has 202 valence electrons. The molecule has 1 heterocycles. The van der Waals surface area contributed by atoms with Crippen LogP contribution in [0.25, 0.3) is 0 Å². The molecule has 0 aromatic heterocycles. The van der Waals surface area contributed by atoms with E-state index in [9.17, 15) is 4.79 Å². The van der Waals surface area contributed by atoms with Crippen molar-refractivity contribution in [1.82, 2.24) is 5.32 Å². The van der Waals surface area contributed by atoms with Gasteiger partial charge in [-0.2, -0.15) is 0 Å². The van der Waals surface area contributed by atoms with Gasteiger partial charge in [0.2, 0.25) is 0 Å². The number of nitrogens with one attached hydrogen (secondary N) is 1. The molecule has 1 aliphatic rings. The number of halogens is 1. The van der Waals surface area contributed by atoms with Crippen LogP contribution in [-0.4, -0.2) is 50.0 Å². The zero-order valence-corrected chi connectivity index (χ0v) is 23.7. The Hall–Kier alpha value is -0.330. The third-order valence-electron chi connectivity index (χ3n) is 6.67. The Morgan fingerprint density at radius 1 is 0.853 bits per heavy atom. The highest BCUT2D eigenvalue weighted by Crippen LogP contribution is 2.19. The third kappa shape index (κ3) is 18.9. The summed E-state index contributed by atoms with van der Waals surface area (Å²) in [5, 5.41) is 3.83. The van der Waals surface area contributed by atoms with Gasteiger partial charge in [-0.1, -0.05) is 113 Å². The fourth-order valence-electron chi connectivity index (χ4n) is 4.49. The molecule has 0 unspecified atom stereocenters. The molecule has 0 bridgehead atoms. The molecule has 0 aromatic carbocycles. The predicted octanol–water partition coefficient (Wildman–Crippen LogP) is 8.32. The Morgan fingerprint density at radius 3 is 2.06 bits per heavy atom. The lowest BCUT2D eigenvalue weighted by Crippen LogP contribution is -2.41. The highest BCUT2D eigenvalue weighted by Gasteiger charge is 2.28. The molecule has 5 nitrogen and oxygen atoms in total. The first-order chi connectivity index (χ1) is 16.8. The van der Waals surface area contributed by atoms with Gasteiger partial charge < -0.3 is 19.5 Å². The van der Waals surface area contributed by atoms with Gasteiger partial charge in [-0.05, 0) is 32.1 Å². The van der Waals surface area contributed by atoms with E-state index in [1.165, 1.54) is 83.5 Å².